The van der Waals surface area contributed by atoms with Crippen molar-refractivity contribution in [1.82, 2.24) is 10.2 Å². The molecule has 1 aliphatic rings. The van der Waals surface area contributed by atoms with E-state index >= 15 is 0 Å². The number of para-hydroxylation sites is 1. The number of hydrogen-bond donors (Lipinski definition) is 3. The van der Waals surface area contributed by atoms with Crippen LogP contribution >= 0.6 is 0 Å². The summed E-state index contributed by atoms with van der Waals surface area (Å²) in [6.07, 6.45) is 0.906. The Labute approximate surface area is 188 Å². The molecule has 1 fully saturated rings. The fraction of sp³-hybridized carbons (Fsp3) is 0.360. The second kappa shape index (κ2) is 10.2. The van der Waals surface area contributed by atoms with Crippen LogP contribution in [0.3, 0.4) is 0 Å². The zero-order valence-electron chi connectivity index (χ0n) is 18.7. The van der Waals surface area contributed by atoms with Gasteiger partial charge in [-0.1, -0.05) is 48.5 Å². The number of carbonyl (C=O) groups is 3. The Kier molecular flexibility index (Phi) is 7.41. The Morgan fingerprint density at radius 1 is 1.09 bits per heavy atom. The molecule has 0 radical (unpaired) electrons. The molecule has 3 unspecified atom stereocenters. The zero-order chi connectivity index (χ0) is 23.3. The quantitative estimate of drug-likeness (QED) is 0.500. The molecule has 0 heterocycles. The molecule has 0 aromatic heterocycles. The van der Waals surface area contributed by atoms with Crippen LogP contribution < -0.4 is 10.6 Å². The fourth-order valence-corrected chi connectivity index (χ4v) is 3.85. The van der Waals surface area contributed by atoms with Crippen LogP contribution in [0.4, 0.5) is 5.69 Å². The molecule has 168 valence electrons. The molecule has 0 spiro atoms. The number of carbonyl (C=O) groups excluding carboxylic acids is 3. The first kappa shape index (κ1) is 23.2. The lowest BCUT2D eigenvalue weighted by Gasteiger charge is -2.27. The number of rotatable bonds is 10. The van der Waals surface area contributed by atoms with Crippen molar-refractivity contribution < 1.29 is 14.4 Å². The molecule has 7 nitrogen and oxygen atoms in total. The summed E-state index contributed by atoms with van der Waals surface area (Å²) in [5, 5.41) is 14.1. The molecule has 0 aliphatic heterocycles. The normalized spacial score (nSPS) is 17.7. The first-order valence-electron chi connectivity index (χ1n) is 10.9. The third kappa shape index (κ3) is 5.41. The van der Waals surface area contributed by atoms with Gasteiger partial charge < -0.3 is 15.5 Å². The van der Waals surface area contributed by atoms with E-state index in [-0.39, 0.29) is 35.9 Å². The fourth-order valence-electron chi connectivity index (χ4n) is 3.85. The summed E-state index contributed by atoms with van der Waals surface area (Å²) in [7, 11) is 0. The van der Waals surface area contributed by atoms with Gasteiger partial charge in [-0.3, -0.25) is 19.8 Å². The smallest absolute Gasteiger partial charge is 0.242 e. The average molecular weight is 435 g/mol. The molecular formula is C25H30N4O3. The lowest BCUT2D eigenvalue weighted by atomic mass is 10.1. The molecule has 1 aliphatic carbocycles. The second-order valence-electron chi connectivity index (χ2n) is 8.05. The van der Waals surface area contributed by atoms with Crippen LogP contribution in [0.25, 0.3) is 0 Å². The van der Waals surface area contributed by atoms with Crippen molar-refractivity contribution in [3.8, 4) is 0 Å². The van der Waals surface area contributed by atoms with Gasteiger partial charge in [-0.25, -0.2) is 0 Å². The van der Waals surface area contributed by atoms with Gasteiger partial charge in [0.15, 0.2) is 5.78 Å². The summed E-state index contributed by atoms with van der Waals surface area (Å²) in [6, 6.07) is 16.5. The molecular weight excluding hydrogens is 404 g/mol. The van der Waals surface area contributed by atoms with Crippen LogP contribution in [0.5, 0.6) is 0 Å². The molecule has 2 aromatic carbocycles. The lowest BCUT2D eigenvalue weighted by molar-refractivity contribution is -0.138. The van der Waals surface area contributed by atoms with Crippen LogP contribution in [0.2, 0.25) is 0 Å². The Balaban J connectivity index is 1.57. The molecule has 2 aromatic rings. The highest BCUT2D eigenvalue weighted by Gasteiger charge is 2.40. The number of anilines is 1. The first-order chi connectivity index (χ1) is 15.3. The maximum absolute atomic E-state index is 12.9. The van der Waals surface area contributed by atoms with Crippen molar-refractivity contribution >= 4 is 29.0 Å². The molecule has 0 saturated heterocycles. The van der Waals surface area contributed by atoms with E-state index in [1.165, 1.54) is 17.4 Å². The Morgan fingerprint density at radius 2 is 1.75 bits per heavy atom. The standard InChI is InChI=1S/C25H30N4O3/c1-4-29(16(2)25(32)28-22-14-20(22)18-10-6-5-7-11-18)23(31)15-27-21-13-9-8-12-19(21)24(26)17(3)30/h5-13,16,20,22,26-27H,4,14-15H2,1-3H3,(H,28,32). The van der Waals surface area contributed by atoms with Crippen molar-refractivity contribution in [3.05, 3.63) is 65.7 Å². The number of hydrogen-bond acceptors (Lipinski definition) is 5. The van der Waals surface area contributed by atoms with Crippen LogP contribution in [0.1, 0.15) is 44.2 Å². The third-order valence-corrected chi connectivity index (χ3v) is 5.83. The van der Waals surface area contributed by atoms with Gasteiger partial charge in [-0.2, -0.15) is 0 Å². The van der Waals surface area contributed by atoms with E-state index in [4.69, 9.17) is 5.41 Å². The molecule has 3 rings (SSSR count). The monoisotopic (exact) mass is 434 g/mol. The predicted octanol–water partition coefficient (Wildman–Crippen LogP) is 2.96. The summed E-state index contributed by atoms with van der Waals surface area (Å²) < 4.78 is 0. The van der Waals surface area contributed by atoms with E-state index < -0.39 is 6.04 Å². The van der Waals surface area contributed by atoms with Gasteiger partial charge in [-0.05, 0) is 31.9 Å². The highest BCUT2D eigenvalue weighted by molar-refractivity contribution is 6.45. The topological polar surface area (TPSA) is 102 Å². The maximum Gasteiger partial charge on any atom is 0.242 e. The van der Waals surface area contributed by atoms with Crippen LogP contribution in [-0.2, 0) is 14.4 Å². The van der Waals surface area contributed by atoms with Gasteiger partial charge in [0.1, 0.15) is 11.8 Å². The highest BCUT2D eigenvalue weighted by Crippen LogP contribution is 2.40. The average Bonchev–Trinajstić information content (AvgIpc) is 3.57. The predicted molar refractivity (Wildman–Crippen MR) is 125 cm³/mol. The minimum atomic E-state index is -0.600. The van der Waals surface area contributed by atoms with E-state index in [0.717, 1.165) is 6.42 Å². The summed E-state index contributed by atoms with van der Waals surface area (Å²) in [5.41, 5.74) is 2.09. The van der Waals surface area contributed by atoms with Gasteiger partial charge >= 0.3 is 0 Å². The van der Waals surface area contributed by atoms with Gasteiger partial charge in [-0.15, -0.1) is 0 Å². The van der Waals surface area contributed by atoms with Gasteiger partial charge in [0, 0.05) is 36.7 Å². The molecule has 1 saturated carbocycles. The Bertz CT molecular complexity index is 1010. The molecule has 3 N–H and O–H groups in total. The summed E-state index contributed by atoms with van der Waals surface area (Å²) in [5.74, 6) is -0.412. The van der Waals surface area contributed by atoms with Crippen molar-refractivity contribution in [1.29, 1.82) is 5.41 Å². The van der Waals surface area contributed by atoms with Crippen LogP contribution in [0, 0.1) is 5.41 Å². The van der Waals surface area contributed by atoms with Crippen molar-refractivity contribution in [2.45, 2.75) is 45.2 Å². The number of benzene rings is 2. The zero-order valence-corrected chi connectivity index (χ0v) is 18.7. The first-order valence-corrected chi connectivity index (χ1v) is 10.9. The third-order valence-electron chi connectivity index (χ3n) is 5.83. The van der Waals surface area contributed by atoms with Crippen molar-refractivity contribution in [2.75, 3.05) is 18.4 Å². The van der Waals surface area contributed by atoms with Gasteiger partial charge in [0.2, 0.25) is 11.8 Å². The van der Waals surface area contributed by atoms with E-state index in [0.29, 0.717) is 23.7 Å². The number of amides is 2. The molecule has 2 amide bonds. The summed E-state index contributed by atoms with van der Waals surface area (Å²) in [6.45, 7) is 5.27. The number of ketones is 1. The number of likely N-dealkylation sites (N-methyl/N-ethyl adjacent to an activating group) is 1. The highest BCUT2D eigenvalue weighted by atomic mass is 16.2. The molecule has 3 atom stereocenters. The number of nitrogens with one attached hydrogen (secondary N) is 3. The van der Waals surface area contributed by atoms with Gasteiger partial charge in [0.25, 0.3) is 0 Å². The van der Waals surface area contributed by atoms with Crippen LogP contribution in [0.15, 0.2) is 54.6 Å². The molecule has 32 heavy (non-hydrogen) atoms. The van der Waals surface area contributed by atoms with Gasteiger partial charge in [0.05, 0.1) is 6.54 Å². The van der Waals surface area contributed by atoms with E-state index in [2.05, 4.69) is 22.8 Å². The second-order valence-corrected chi connectivity index (χ2v) is 8.05. The van der Waals surface area contributed by atoms with Crippen molar-refractivity contribution in [3.63, 3.8) is 0 Å². The molecule has 0 bridgehead atoms. The number of nitrogens with zero attached hydrogens (tertiary/aromatic N) is 1. The van der Waals surface area contributed by atoms with Crippen LogP contribution in [-0.4, -0.2) is 53.4 Å². The minimum Gasteiger partial charge on any atom is -0.376 e. The minimum absolute atomic E-state index is 0.0380. The molecule has 7 heteroatoms. The SMILES string of the molecule is CCN(C(=O)CNc1ccccc1C(=N)C(C)=O)C(C)C(=O)NC1CC1c1ccccc1. The largest absolute Gasteiger partial charge is 0.376 e. The summed E-state index contributed by atoms with van der Waals surface area (Å²) >= 11 is 0. The Hall–Kier alpha value is -3.48. The number of Topliss-reactive ketones (excluding diaryl/α,β-unsaturated/α-hetero) is 1. The maximum atomic E-state index is 12.9. The van der Waals surface area contributed by atoms with Crippen molar-refractivity contribution in [2.24, 2.45) is 0 Å². The Morgan fingerprint density at radius 3 is 2.41 bits per heavy atom. The lowest BCUT2D eigenvalue weighted by Crippen LogP contribution is -2.50. The van der Waals surface area contributed by atoms with E-state index in [9.17, 15) is 14.4 Å². The summed E-state index contributed by atoms with van der Waals surface area (Å²) in [4.78, 5) is 38.8. The van der Waals surface area contributed by atoms with E-state index in [1.54, 1.807) is 31.2 Å². The van der Waals surface area contributed by atoms with E-state index in [1.807, 2.05) is 25.1 Å².